The van der Waals surface area contributed by atoms with Crippen LogP contribution >= 0.6 is 11.3 Å². The van der Waals surface area contributed by atoms with Crippen molar-refractivity contribution in [1.29, 1.82) is 0 Å². The van der Waals surface area contributed by atoms with Gasteiger partial charge in [-0.1, -0.05) is 92.9 Å². The summed E-state index contributed by atoms with van der Waals surface area (Å²) in [7, 11) is 59.5. The van der Waals surface area contributed by atoms with Crippen LogP contribution in [0.25, 0.3) is 104 Å². The molecule has 342 valence electrons. The van der Waals surface area contributed by atoms with Crippen molar-refractivity contribution in [2.45, 2.75) is 0 Å². The number of rotatable bonds is 4. The molecule has 0 unspecified atom stereocenters. The summed E-state index contributed by atoms with van der Waals surface area (Å²) in [6.45, 7) is 0. The number of nitrogens with zero attached hydrogens (tertiary/aromatic N) is 4. The van der Waals surface area contributed by atoms with Crippen LogP contribution in [0.4, 0.5) is 0 Å². The number of benzene rings is 7. The van der Waals surface area contributed by atoms with Gasteiger partial charge in [0.1, 0.15) is 210 Å². The van der Waals surface area contributed by atoms with Crippen molar-refractivity contribution in [1.82, 2.24) is 19.5 Å². The predicted octanol–water partition coefficient (Wildman–Crippen LogP) is -33.0. The Bertz CT molecular complexity index is 4520. The van der Waals surface area contributed by atoms with Crippen LogP contribution in [0, 0.1) is 0 Å². The van der Waals surface area contributed by atoms with Crippen LogP contribution < -0.4 is 142 Å². The molecule has 0 spiro atoms. The second-order valence-corrected chi connectivity index (χ2v) is 24.9. The highest BCUT2D eigenvalue weighted by molar-refractivity contribution is 7.28. The third-order valence-electron chi connectivity index (χ3n) is 21.0. The number of thiophene rings is 1. The lowest BCUT2D eigenvalue weighted by molar-refractivity contribution is 0.670. The lowest BCUT2D eigenvalue weighted by atomic mass is 9.60. The number of hydrogen-bond donors (Lipinski definition) is 0. The first kappa shape index (κ1) is 54.0. The largest absolute Gasteiger partial charge is 0.454 e. The zero-order chi connectivity index (χ0) is 56.1. The Balaban J connectivity index is 1.36. The fraction of sp³-hybridized carbons (Fsp3) is 0. The van der Waals surface area contributed by atoms with Crippen LogP contribution in [0.1, 0.15) is 0 Å². The Hall–Kier alpha value is -4.94. The molecule has 32 heteroatoms. The van der Waals surface area contributed by atoms with Crippen molar-refractivity contribution in [3.05, 3.63) is 0 Å². The molecule has 5 nitrogen and oxygen atoms in total. The zero-order valence-electron chi connectivity index (χ0n) is 51.1. The number of furan rings is 1. The van der Waals surface area contributed by atoms with Crippen molar-refractivity contribution in [2.24, 2.45) is 0 Å². The highest BCUT2D eigenvalue weighted by atomic mass is 32.1. The molecule has 0 aliphatic rings. The van der Waals surface area contributed by atoms with E-state index in [4.69, 9.17) is 19.4 Å². The number of hydrogen-bond acceptors (Lipinski definition) is 5. The molecule has 77 heavy (non-hydrogen) atoms. The molecule has 0 saturated carbocycles. The van der Waals surface area contributed by atoms with Crippen LogP contribution in [0.2, 0.25) is 0 Å². The van der Waals surface area contributed by atoms with E-state index in [1.165, 1.54) is 173 Å². The Labute approximate surface area is 481 Å². The van der Waals surface area contributed by atoms with Gasteiger partial charge in [-0.2, -0.15) is 0 Å². The summed E-state index contributed by atoms with van der Waals surface area (Å²) < 4.78 is 13.2. The van der Waals surface area contributed by atoms with Gasteiger partial charge < -0.3 is 8.98 Å². The number of aromatic nitrogens is 4. The summed E-state index contributed by atoms with van der Waals surface area (Å²) in [5, 5.41) is 7.71. The highest BCUT2D eigenvalue weighted by Crippen LogP contribution is 2.42. The van der Waals surface area contributed by atoms with Gasteiger partial charge in [0.2, 0.25) is 0 Å². The molecule has 4 aromatic heterocycles. The van der Waals surface area contributed by atoms with Crippen molar-refractivity contribution < 1.29 is 4.42 Å². The quantitative estimate of drug-likeness (QED) is 0.165. The van der Waals surface area contributed by atoms with Gasteiger partial charge in [0.25, 0.3) is 0 Å². The van der Waals surface area contributed by atoms with Crippen LogP contribution in [0.5, 0.6) is 0 Å². The third kappa shape index (κ3) is 7.06. The maximum atomic E-state index is 7.74. The molecule has 0 atom stereocenters. The minimum Gasteiger partial charge on any atom is -0.454 e. The molecule has 4 heterocycles. The first-order chi connectivity index (χ1) is 36.1. The van der Waals surface area contributed by atoms with Crippen molar-refractivity contribution in [3.8, 4) is 39.9 Å². The second kappa shape index (κ2) is 18.3. The molecule has 7 aromatic carbocycles. The second-order valence-electron chi connectivity index (χ2n) is 23.8. The Kier molecular flexibility index (Phi) is 12.8. The van der Waals surface area contributed by atoms with E-state index in [2.05, 4.69) is 209 Å². The van der Waals surface area contributed by atoms with Gasteiger partial charge in [-0.05, 0) is 10.8 Å². The molecule has 0 saturated heterocycles. The van der Waals surface area contributed by atoms with Gasteiger partial charge in [-0.3, -0.25) is 0 Å². The van der Waals surface area contributed by atoms with Gasteiger partial charge in [0, 0.05) is 58.7 Å². The van der Waals surface area contributed by atoms with E-state index in [0.29, 0.717) is 17.5 Å². The highest BCUT2D eigenvalue weighted by Gasteiger charge is 2.32. The first-order valence-electron chi connectivity index (χ1n) is 27.8. The lowest BCUT2D eigenvalue weighted by Gasteiger charge is -2.23. The standard InChI is InChI=1S/C45H52B26N4OS/c46-10-2-7-37(31(67)13(49)4-5-12(48)20(56)30(66)35(71)42(5)77-41(4)7)75(36(2)32(68)29(65)19(10)55)38-33(69)25(61)11(47)3-1-6(14(50)26(62)34(70)39(1)76-40(3)38)43-72-44(8-15(51)21(57)27(63)22(58)16(8)52)74-45(73-43)9-17(53)23(59)28(64)24(60)18(9)54/h46-71H2. The van der Waals surface area contributed by atoms with E-state index in [1.54, 1.807) is 0 Å². The summed E-state index contributed by atoms with van der Waals surface area (Å²) in [5.74, 6) is 2.09. The van der Waals surface area contributed by atoms with Crippen molar-refractivity contribution in [3.63, 3.8) is 0 Å². The fourth-order valence-corrected chi connectivity index (χ4v) is 15.5. The molecule has 0 aliphatic carbocycles. The minimum atomic E-state index is 0.672. The zero-order valence-corrected chi connectivity index (χ0v) is 51.9. The number of fused-ring (bicyclic) bond motifs is 10. The molecule has 0 aliphatic heterocycles. The van der Waals surface area contributed by atoms with Crippen LogP contribution in [0.15, 0.2) is 4.42 Å². The molecule has 0 N–H and O–H groups in total. The molecule has 11 aromatic rings. The van der Waals surface area contributed by atoms with Crippen molar-refractivity contribution >= 4 is 421 Å². The molecular weight excluding hydrogens is 926 g/mol. The monoisotopic (exact) mass is 983 g/mol. The fourth-order valence-electron chi connectivity index (χ4n) is 13.9. The van der Waals surface area contributed by atoms with Gasteiger partial charge in [0.15, 0.2) is 23.1 Å². The Morgan fingerprint density at radius 2 is 0.571 bits per heavy atom. The summed E-state index contributed by atoms with van der Waals surface area (Å²) in [6, 6.07) is 0. The van der Waals surface area contributed by atoms with Crippen LogP contribution in [-0.2, 0) is 0 Å². The van der Waals surface area contributed by atoms with Gasteiger partial charge in [0.05, 0.1) is 5.69 Å². The summed E-state index contributed by atoms with van der Waals surface area (Å²) in [5.41, 5.74) is 41.9. The van der Waals surface area contributed by atoms with Crippen LogP contribution in [-0.4, -0.2) is 224 Å². The van der Waals surface area contributed by atoms with E-state index < -0.39 is 0 Å². The van der Waals surface area contributed by atoms with Crippen molar-refractivity contribution in [2.75, 3.05) is 0 Å². The van der Waals surface area contributed by atoms with E-state index in [9.17, 15) is 0 Å². The van der Waals surface area contributed by atoms with E-state index >= 15 is 0 Å². The van der Waals surface area contributed by atoms with Gasteiger partial charge in [-0.25, -0.2) is 15.0 Å². The molecule has 0 radical (unpaired) electrons. The summed E-state index contributed by atoms with van der Waals surface area (Å²) in [6.07, 6.45) is 0. The van der Waals surface area contributed by atoms with Gasteiger partial charge in [-0.15, -0.1) is 60.5 Å². The topological polar surface area (TPSA) is 56.7 Å². The average Bonchev–Trinajstić information content (AvgIpc) is 4.10. The predicted molar refractivity (Wildman–Crippen MR) is 423 cm³/mol. The summed E-state index contributed by atoms with van der Waals surface area (Å²) in [4.78, 5) is 17.0. The normalized spacial score (nSPS) is 11.9. The van der Waals surface area contributed by atoms with E-state index in [-0.39, 0.29) is 0 Å². The first-order valence-corrected chi connectivity index (χ1v) is 28.6. The molecular formula is C45H52B26N4OS. The van der Waals surface area contributed by atoms with E-state index in [0.717, 1.165) is 55.2 Å². The van der Waals surface area contributed by atoms with Crippen LogP contribution in [0.3, 0.4) is 0 Å². The summed E-state index contributed by atoms with van der Waals surface area (Å²) >= 11 is 2.00. The molecule has 11 rings (SSSR count). The molecule has 0 amide bonds. The Morgan fingerprint density at radius 1 is 0.247 bits per heavy atom. The smallest absolute Gasteiger partial charge is 0.164 e. The van der Waals surface area contributed by atoms with Gasteiger partial charge >= 0.3 is 0 Å². The Morgan fingerprint density at radius 3 is 1.08 bits per heavy atom. The maximum absolute atomic E-state index is 7.74. The average molecular weight is 978 g/mol. The van der Waals surface area contributed by atoms with E-state index in [1.807, 2.05) is 11.3 Å². The SMILES string of the molecule is Bc1c(B)c(B)c(-c2nc(-c3c(B)c(B)c(B)c(B)c3B)nc(-c3c(B)c(B)c(B)c4oc5c(-n6c7c(B)c(B)c(B)c(B)c7c7c8sc9c(B)c(B)c(B)c(B)c9c8c(B)c(B)c76)c(B)c(B)c(B)c5c34)n2)c(B)c1B. The molecule has 0 fully saturated rings. The maximum Gasteiger partial charge on any atom is 0.164 e. The lowest BCUT2D eigenvalue weighted by Crippen LogP contribution is -2.55. The third-order valence-corrected chi connectivity index (χ3v) is 22.3. The molecule has 0 bridgehead atoms. The minimum absolute atomic E-state index is 0.672.